The summed E-state index contributed by atoms with van der Waals surface area (Å²) in [6, 6.07) is 0.865. The fraction of sp³-hybridized carbons (Fsp3) is 1.00. The molecular formula is C16H33NO. The van der Waals surface area contributed by atoms with Crippen LogP contribution in [0.4, 0.5) is 0 Å². The van der Waals surface area contributed by atoms with Gasteiger partial charge in [0, 0.05) is 12.6 Å². The van der Waals surface area contributed by atoms with Crippen LogP contribution in [0.25, 0.3) is 0 Å². The van der Waals surface area contributed by atoms with E-state index in [-0.39, 0.29) is 0 Å². The maximum atomic E-state index is 5.84. The quantitative estimate of drug-likeness (QED) is 0.496. The number of nitrogens with one attached hydrogen (secondary N) is 1. The summed E-state index contributed by atoms with van der Waals surface area (Å²) in [5.41, 5.74) is 0. The molecule has 0 spiro atoms. The highest BCUT2D eigenvalue weighted by molar-refractivity contribution is 4.80. The van der Waals surface area contributed by atoms with E-state index in [9.17, 15) is 0 Å². The number of ether oxygens (including phenoxy) is 1. The first-order chi connectivity index (χ1) is 8.83. The van der Waals surface area contributed by atoms with Crippen LogP contribution in [0.5, 0.6) is 0 Å². The second kappa shape index (κ2) is 10.8. The molecule has 0 radical (unpaired) electrons. The van der Waals surface area contributed by atoms with Crippen LogP contribution < -0.4 is 5.32 Å². The maximum absolute atomic E-state index is 5.84. The zero-order valence-corrected chi connectivity index (χ0v) is 12.5. The van der Waals surface area contributed by atoms with E-state index in [0.717, 1.165) is 12.6 Å². The lowest BCUT2D eigenvalue weighted by molar-refractivity contribution is 0.0558. The van der Waals surface area contributed by atoms with E-state index in [1.165, 1.54) is 70.8 Å². The zero-order valence-electron chi connectivity index (χ0n) is 12.5. The predicted molar refractivity (Wildman–Crippen MR) is 79.0 cm³/mol. The Morgan fingerprint density at radius 1 is 1.06 bits per heavy atom. The summed E-state index contributed by atoms with van der Waals surface area (Å²) in [6.45, 7) is 6.65. The summed E-state index contributed by atoms with van der Waals surface area (Å²) >= 11 is 0. The van der Waals surface area contributed by atoms with Gasteiger partial charge in [-0.1, -0.05) is 32.6 Å². The van der Waals surface area contributed by atoms with Crippen LogP contribution in [-0.2, 0) is 4.74 Å². The van der Waals surface area contributed by atoms with Crippen LogP contribution in [0.3, 0.4) is 0 Å². The molecular weight excluding hydrogens is 222 g/mol. The third-order valence-electron chi connectivity index (χ3n) is 3.70. The predicted octanol–water partition coefficient (Wildman–Crippen LogP) is 4.28. The van der Waals surface area contributed by atoms with E-state index in [0.29, 0.717) is 6.10 Å². The first-order valence-corrected chi connectivity index (χ1v) is 8.18. The molecule has 1 saturated carbocycles. The molecule has 2 nitrogen and oxygen atoms in total. The molecule has 108 valence electrons. The van der Waals surface area contributed by atoms with Crippen molar-refractivity contribution in [1.29, 1.82) is 0 Å². The molecule has 0 bridgehead atoms. The van der Waals surface area contributed by atoms with Crippen molar-refractivity contribution in [2.45, 2.75) is 90.2 Å². The minimum Gasteiger partial charge on any atom is -0.379 e. The van der Waals surface area contributed by atoms with Crippen molar-refractivity contribution in [2.24, 2.45) is 0 Å². The summed E-state index contributed by atoms with van der Waals surface area (Å²) in [5.74, 6) is 0. The van der Waals surface area contributed by atoms with E-state index < -0.39 is 0 Å². The van der Waals surface area contributed by atoms with Crippen LogP contribution in [0.1, 0.15) is 78.1 Å². The molecule has 0 aromatic heterocycles. The Hall–Kier alpha value is -0.0800. The van der Waals surface area contributed by atoms with Crippen molar-refractivity contribution in [1.82, 2.24) is 5.32 Å². The highest BCUT2D eigenvalue weighted by Crippen LogP contribution is 2.18. The normalized spacial score (nSPS) is 17.0. The van der Waals surface area contributed by atoms with Crippen molar-refractivity contribution in [3.05, 3.63) is 0 Å². The molecule has 1 rings (SSSR count). The van der Waals surface area contributed by atoms with Crippen LogP contribution in [-0.4, -0.2) is 25.3 Å². The van der Waals surface area contributed by atoms with Gasteiger partial charge in [-0.05, 0) is 52.0 Å². The van der Waals surface area contributed by atoms with Gasteiger partial charge in [-0.2, -0.15) is 0 Å². The summed E-state index contributed by atoms with van der Waals surface area (Å²) in [4.78, 5) is 0. The molecule has 18 heavy (non-hydrogen) atoms. The second-order valence-electron chi connectivity index (χ2n) is 5.82. The number of rotatable bonds is 13. The van der Waals surface area contributed by atoms with Gasteiger partial charge >= 0.3 is 0 Å². The molecule has 1 fully saturated rings. The molecule has 1 aliphatic carbocycles. The smallest absolute Gasteiger partial charge is 0.0547 e. The third kappa shape index (κ3) is 9.90. The van der Waals surface area contributed by atoms with Gasteiger partial charge in [0.2, 0.25) is 0 Å². The number of unbranched alkanes of at least 4 members (excludes halogenated alkanes) is 5. The van der Waals surface area contributed by atoms with E-state index >= 15 is 0 Å². The molecule has 0 amide bonds. The third-order valence-corrected chi connectivity index (χ3v) is 3.70. The summed E-state index contributed by atoms with van der Waals surface area (Å²) in [5, 5.41) is 3.56. The highest BCUT2D eigenvalue weighted by atomic mass is 16.5. The molecule has 0 aromatic rings. The lowest BCUT2D eigenvalue weighted by atomic mass is 10.1. The second-order valence-corrected chi connectivity index (χ2v) is 5.82. The van der Waals surface area contributed by atoms with Gasteiger partial charge in [-0.15, -0.1) is 0 Å². The van der Waals surface area contributed by atoms with Crippen molar-refractivity contribution in [3.8, 4) is 0 Å². The molecule has 1 aliphatic rings. The number of hydrogen-bond acceptors (Lipinski definition) is 2. The molecule has 2 heteroatoms. The molecule has 1 unspecified atom stereocenters. The lowest BCUT2D eigenvalue weighted by Gasteiger charge is -2.12. The van der Waals surface area contributed by atoms with Gasteiger partial charge in [-0.25, -0.2) is 0 Å². The van der Waals surface area contributed by atoms with Crippen LogP contribution in [0.2, 0.25) is 0 Å². The average molecular weight is 255 g/mol. The van der Waals surface area contributed by atoms with Gasteiger partial charge in [0.15, 0.2) is 0 Å². The van der Waals surface area contributed by atoms with Crippen molar-refractivity contribution in [2.75, 3.05) is 13.2 Å². The topological polar surface area (TPSA) is 21.3 Å². The summed E-state index contributed by atoms with van der Waals surface area (Å²) in [6.07, 6.45) is 13.8. The minimum atomic E-state index is 0.464. The van der Waals surface area contributed by atoms with Crippen LogP contribution in [0, 0.1) is 0 Å². The molecule has 0 heterocycles. The Bertz CT molecular complexity index is 180. The average Bonchev–Trinajstić information content (AvgIpc) is 3.17. The minimum absolute atomic E-state index is 0.464. The zero-order chi connectivity index (χ0) is 13.1. The first-order valence-electron chi connectivity index (χ1n) is 8.18. The Kier molecular flexibility index (Phi) is 9.59. The summed E-state index contributed by atoms with van der Waals surface area (Å²) < 4.78 is 5.84. The maximum Gasteiger partial charge on any atom is 0.0547 e. The van der Waals surface area contributed by atoms with Gasteiger partial charge < -0.3 is 10.1 Å². The lowest BCUT2D eigenvalue weighted by Crippen LogP contribution is -2.17. The molecule has 0 aromatic carbocycles. The molecule has 0 aliphatic heterocycles. The van der Waals surface area contributed by atoms with Gasteiger partial charge in [0.1, 0.15) is 0 Å². The standard InChI is InChI=1S/C16H33NO/c1-3-4-5-7-10-15(2)18-14-9-6-8-13-17-16-11-12-16/h15-17H,3-14H2,1-2H3. The monoisotopic (exact) mass is 255 g/mol. The molecule has 1 atom stereocenters. The van der Waals surface area contributed by atoms with E-state index in [4.69, 9.17) is 4.74 Å². The summed E-state index contributed by atoms with van der Waals surface area (Å²) in [7, 11) is 0. The van der Waals surface area contributed by atoms with Crippen molar-refractivity contribution in [3.63, 3.8) is 0 Å². The molecule has 0 saturated heterocycles. The van der Waals surface area contributed by atoms with Crippen LogP contribution in [0.15, 0.2) is 0 Å². The SMILES string of the molecule is CCCCCCC(C)OCCCCCNC1CC1. The first kappa shape index (κ1) is 16.0. The largest absolute Gasteiger partial charge is 0.379 e. The van der Waals surface area contributed by atoms with E-state index in [1.807, 2.05) is 0 Å². The fourth-order valence-corrected chi connectivity index (χ4v) is 2.22. The van der Waals surface area contributed by atoms with E-state index in [1.54, 1.807) is 0 Å². The van der Waals surface area contributed by atoms with Crippen molar-refractivity contribution >= 4 is 0 Å². The Morgan fingerprint density at radius 2 is 1.83 bits per heavy atom. The van der Waals surface area contributed by atoms with Gasteiger partial charge in [-0.3, -0.25) is 0 Å². The van der Waals surface area contributed by atoms with Gasteiger partial charge in [0.25, 0.3) is 0 Å². The van der Waals surface area contributed by atoms with E-state index in [2.05, 4.69) is 19.2 Å². The fourth-order valence-electron chi connectivity index (χ4n) is 2.22. The van der Waals surface area contributed by atoms with Crippen molar-refractivity contribution < 1.29 is 4.74 Å². The Labute approximate surface area is 114 Å². The van der Waals surface area contributed by atoms with Crippen LogP contribution >= 0.6 is 0 Å². The van der Waals surface area contributed by atoms with Gasteiger partial charge in [0.05, 0.1) is 6.10 Å². The Morgan fingerprint density at radius 3 is 2.56 bits per heavy atom. The molecule has 1 N–H and O–H groups in total. The highest BCUT2D eigenvalue weighted by Gasteiger charge is 2.19. The Balaban J connectivity index is 1.72. The number of hydrogen-bond donors (Lipinski definition) is 1.